The Morgan fingerprint density at radius 1 is 1.17 bits per heavy atom. The van der Waals surface area contributed by atoms with Crippen LogP contribution in [0.2, 0.25) is 0 Å². The quantitative estimate of drug-likeness (QED) is 0.888. The molecule has 0 radical (unpaired) electrons. The van der Waals surface area contributed by atoms with Gasteiger partial charge >= 0.3 is 6.03 Å². The van der Waals surface area contributed by atoms with E-state index in [1.165, 1.54) is 11.1 Å². The van der Waals surface area contributed by atoms with Crippen molar-refractivity contribution in [1.29, 1.82) is 0 Å². The molecule has 4 heteroatoms. The molecule has 0 spiro atoms. The lowest BCUT2D eigenvalue weighted by Crippen LogP contribution is -2.49. The lowest BCUT2D eigenvalue weighted by molar-refractivity contribution is 0.177. The highest BCUT2D eigenvalue weighted by Gasteiger charge is 2.24. The summed E-state index contributed by atoms with van der Waals surface area (Å²) in [6.45, 7) is 7.88. The zero-order valence-electron chi connectivity index (χ0n) is 15.1. The fourth-order valence-corrected chi connectivity index (χ4v) is 4.07. The summed E-state index contributed by atoms with van der Waals surface area (Å²) in [6, 6.07) is 8.98. The Morgan fingerprint density at radius 2 is 1.92 bits per heavy atom. The maximum Gasteiger partial charge on any atom is 0.315 e. The molecule has 3 rings (SSSR count). The van der Waals surface area contributed by atoms with Crippen LogP contribution in [0.4, 0.5) is 4.79 Å². The van der Waals surface area contributed by atoms with Crippen molar-refractivity contribution in [3.63, 3.8) is 0 Å². The number of piperidine rings is 1. The van der Waals surface area contributed by atoms with Crippen LogP contribution in [0.15, 0.2) is 24.3 Å². The molecule has 1 aliphatic carbocycles. The number of hydrogen-bond acceptors (Lipinski definition) is 2. The van der Waals surface area contributed by atoms with Gasteiger partial charge in [-0.15, -0.1) is 0 Å². The summed E-state index contributed by atoms with van der Waals surface area (Å²) in [7, 11) is 0. The van der Waals surface area contributed by atoms with Crippen LogP contribution < -0.4 is 10.6 Å². The van der Waals surface area contributed by atoms with E-state index < -0.39 is 0 Å². The molecule has 0 bridgehead atoms. The number of benzene rings is 1. The van der Waals surface area contributed by atoms with Crippen LogP contribution in [0, 0.1) is 5.92 Å². The minimum atomic E-state index is -0.000914. The number of carbonyl (C=O) groups is 1. The van der Waals surface area contributed by atoms with Gasteiger partial charge in [-0.25, -0.2) is 4.79 Å². The smallest absolute Gasteiger partial charge is 0.315 e. The predicted octanol–water partition coefficient (Wildman–Crippen LogP) is 3.48. The highest BCUT2D eigenvalue weighted by atomic mass is 16.2. The second-order valence-corrected chi connectivity index (χ2v) is 7.73. The summed E-state index contributed by atoms with van der Waals surface area (Å²) in [5.41, 5.74) is 2.68. The Labute approximate surface area is 146 Å². The minimum Gasteiger partial charge on any atom is -0.335 e. The van der Waals surface area contributed by atoms with E-state index in [1.54, 1.807) is 0 Å². The molecule has 2 N–H and O–H groups in total. The van der Waals surface area contributed by atoms with Crippen molar-refractivity contribution in [2.75, 3.05) is 19.6 Å². The predicted molar refractivity (Wildman–Crippen MR) is 98.1 cm³/mol. The number of rotatable bonds is 4. The zero-order chi connectivity index (χ0) is 16.9. The molecular formula is C20H31N3O. The zero-order valence-corrected chi connectivity index (χ0v) is 15.1. The van der Waals surface area contributed by atoms with Crippen LogP contribution in [0.3, 0.4) is 0 Å². The van der Waals surface area contributed by atoms with Crippen LogP contribution in [-0.4, -0.2) is 36.6 Å². The van der Waals surface area contributed by atoms with Gasteiger partial charge in [0.05, 0.1) is 6.04 Å². The summed E-state index contributed by atoms with van der Waals surface area (Å²) in [6.07, 6.45) is 5.43. The van der Waals surface area contributed by atoms with Gasteiger partial charge in [-0.2, -0.15) is 0 Å². The maximum atomic E-state index is 12.4. The molecule has 2 amide bonds. The van der Waals surface area contributed by atoms with Gasteiger partial charge in [-0.05, 0) is 49.1 Å². The van der Waals surface area contributed by atoms with Crippen LogP contribution in [0.5, 0.6) is 0 Å². The molecule has 132 valence electrons. The van der Waals surface area contributed by atoms with Gasteiger partial charge in [-0.1, -0.05) is 38.1 Å². The lowest BCUT2D eigenvalue weighted by atomic mass is 9.88. The minimum absolute atomic E-state index is 0.000914. The van der Waals surface area contributed by atoms with Crippen molar-refractivity contribution in [2.45, 2.75) is 58.0 Å². The number of urea groups is 1. The molecule has 1 aromatic rings. The van der Waals surface area contributed by atoms with Crippen molar-refractivity contribution in [3.8, 4) is 0 Å². The van der Waals surface area contributed by atoms with E-state index in [1.807, 2.05) is 0 Å². The second-order valence-electron chi connectivity index (χ2n) is 7.73. The SMILES string of the molecule is CC(C)CN1CCC(NC(=O)NC2CCCc3ccccc32)CC1. The van der Waals surface area contributed by atoms with E-state index in [4.69, 9.17) is 0 Å². The second kappa shape index (κ2) is 8.02. The standard InChI is InChI=1S/C20H31N3O/c1-15(2)14-23-12-10-17(11-13-23)21-20(24)22-19-9-5-7-16-6-3-4-8-18(16)19/h3-4,6,8,15,17,19H,5,7,9-14H2,1-2H3,(H2,21,22,24). The monoisotopic (exact) mass is 329 g/mol. The summed E-state index contributed by atoms with van der Waals surface area (Å²) < 4.78 is 0. The molecule has 2 aliphatic rings. The van der Waals surface area contributed by atoms with Gasteiger partial charge in [0, 0.05) is 25.7 Å². The first-order valence-electron chi connectivity index (χ1n) is 9.49. The van der Waals surface area contributed by atoms with Gasteiger partial charge in [0.25, 0.3) is 0 Å². The van der Waals surface area contributed by atoms with Gasteiger partial charge in [0.15, 0.2) is 0 Å². The molecule has 4 nitrogen and oxygen atoms in total. The molecular weight excluding hydrogens is 298 g/mol. The molecule has 1 atom stereocenters. The molecule has 1 aromatic carbocycles. The van der Waals surface area contributed by atoms with Crippen LogP contribution in [-0.2, 0) is 6.42 Å². The normalized spacial score (nSPS) is 22.2. The molecule has 0 saturated carbocycles. The van der Waals surface area contributed by atoms with E-state index >= 15 is 0 Å². The van der Waals surface area contributed by atoms with E-state index in [0.29, 0.717) is 12.0 Å². The highest BCUT2D eigenvalue weighted by Crippen LogP contribution is 2.29. The Kier molecular flexibility index (Phi) is 5.77. The number of likely N-dealkylation sites (tertiary alicyclic amines) is 1. The van der Waals surface area contributed by atoms with Crippen molar-refractivity contribution in [3.05, 3.63) is 35.4 Å². The van der Waals surface area contributed by atoms with E-state index in [-0.39, 0.29) is 12.1 Å². The van der Waals surface area contributed by atoms with Crippen LogP contribution in [0.25, 0.3) is 0 Å². The first kappa shape index (κ1) is 17.3. The third-order valence-corrected chi connectivity index (χ3v) is 5.22. The van der Waals surface area contributed by atoms with Crippen molar-refractivity contribution in [1.82, 2.24) is 15.5 Å². The summed E-state index contributed by atoms with van der Waals surface area (Å²) in [5, 5.41) is 6.40. The molecule has 1 heterocycles. The van der Waals surface area contributed by atoms with Gasteiger partial charge in [0.2, 0.25) is 0 Å². The number of nitrogens with zero attached hydrogens (tertiary/aromatic N) is 1. The Hall–Kier alpha value is -1.55. The van der Waals surface area contributed by atoms with Gasteiger partial charge < -0.3 is 15.5 Å². The number of amides is 2. The summed E-state index contributed by atoms with van der Waals surface area (Å²) >= 11 is 0. The van der Waals surface area contributed by atoms with E-state index in [9.17, 15) is 4.79 Å². The van der Waals surface area contributed by atoms with E-state index in [2.05, 4.69) is 53.6 Å². The first-order valence-corrected chi connectivity index (χ1v) is 9.49. The third-order valence-electron chi connectivity index (χ3n) is 5.22. The number of aryl methyl sites for hydroxylation is 1. The number of carbonyl (C=O) groups excluding carboxylic acids is 1. The number of nitrogens with one attached hydrogen (secondary N) is 2. The van der Waals surface area contributed by atoms with Crippen LogP contribution in [0.1, 0.15) is 56.7 Å². The molecule has 1 saturated heterocycles. The third kappa shape index (κ3) is 4.50. The van der Waals surface area contributed by atoms with Gasteiger partial charge in [-0.3, -0.25) is 0 Å². The van der Waals surface area contributed by atoms with Gasteiger partial charge in [0.1, 0.15) is 0 Å². The number of fused-ring (bicyclic) bond motifs is 1. The highest BCUT2D eigenvalue weighted by molar-refractivity contribution is 5.75. The van der Waals surface area contributed by atoms with Crippen LogP contribution >= 0.6 is 0 Å². The van der Waals surface area contributed by atoms with E-state index in [0.717, 1.165) is 51.7 Å². The average molecular weight is 329 g/mol. The van der Waals surface area contributed by atoms with Crippen molar-refractivity contribution >= 4 is 6.03 Å². The number of hydrogen-bond donors (Lipinski definition) is 2. The average Bonchev–Trinajstić information content (AvgIpc) is 2.56. The molecule has 1 aliphatic heterocycles. The Bertz CT molecular complexity index is 550. The summed E-state index contributed by atoms with van der Waals surface area (Å²) in [5.74, 6) is 0.712. The topological polar surface area (TPSA) is 44.4 Å². The first-order chi connectivity index (χ1) is 11.6. The Morgan fingerprint density at radius 3 is 2.67 bits per heavy atom. The fourth-order valence-electron chi connectivity index (χ4n) is 4.07. The largest absolute Gasteiger partial charge is 0.335 e. The molecule has 1 fully saturated rings. The lowest BCUT2D eigenvalue weighted by Gasteiger charge is -2.34. The molecule has 24 heavy (non-hydrogen) atoms. The van der Waals surface area contributed by atoms with Crippen molar-refractivity contribution in [2.24, 2.45) is 5.92 Å². The Balaban J connectivity index is 1.47. The molecule has 1 unspecified atom stereocenters. The molecule has 0 aromatic heterocycles. The summed E-state index contributed by atoms with van der Waals surface area (Å²) in [4.78, 5) is 14.9. The maximum absolute atomic E-state index is 12.4. The van der Waals surface area contributed by atoms with Crippen molar-refractivity contribution < 1.29 is 4.79 Å². The fraction of sp³-hybridized carbons (Fsp3) is 0.650.